The molecule has 0 unspecified atom stereocenters. The first kappa shape index (κ1) is 13.2. The van der Waals surface area contributed by atoms with Crippen LogP contribution in [0.5, 0.6) is 0 Å². The molecule has 0 fully saturated rings. The van der Waals surface area contributed by atoms with Crippen molar-refractivity contribution < 1.29 is 0 Å². The third-order valence-electron chi connectivity index (χ3n) is 3.31. The minimum Gasteiger partial charge on any atom is -0.292 e. The fourth-order valence-electron chi connectivity index (χ4n) is 2.24. The zero-order valence-corrected chi connectivity index (χ0v) is 11.2. The highest BCUT2D eigenvalue weighted by molar-refractivity contribution is 5.23. The number of rotatable bonds is 5. The van der Waals surface area contributed by atoms with E-state index in [0.29, 0.717) is 0 Å². The van der Waals surface area contributed by atoms with Crippen LogP contribution < -0.4 is 0 Å². The highest BCUT2D eigenvalue weighted by atomic mass is 15.1. The zero-order chi connectivity index (χ0) is 12.0. The molecule has 0 aromatic heterocycles. The van der Waals surface area contributed by atoms with Crippen LogP contribution in [-0.2, 0) is 0 Å². The van der Waals surface area contributed by atoms with Gasteiger partial charge in [0, 0.05) is 19.6 Å². The summed E-state index contributed by atoms with van der Waals surface area (Å²) in [5, 5.41) is 0. The van der Waals surface area contributed by atoms with E-state index in [1.54, 1.807) is 11.1 Å². The summed E-state index contributed by atoms with van der Waals surface area (Å²) in [5.41, 5.74) is 4.76. The third kappa shape index (κ3) is 3.64. The Labute approximate surface area is 101 Å². The molecule has 1 nitrogen and oxygen atoms in total. The normalized spacial score (nSPS) is 19.1. The molecular formula is C15H25N. The highest BCUT2D eigenvalue weighted by Gasteiger charge is 2.17. The Balaban J connectivity index is 2.51. The second-order valence-corrected chi connectivity index (χ2v) is 4.59. The molecule has 0 radical (unpaired) electrons. The number of allylic oxidation sites excluding steroid dienone is 3. The standard InChI is InChI=1S/C15H25N/c1-5-8-9-14(6-2)11-16-10-13(4)15(7-3)12-16/h5,8-9H,6-7,10-12H2,1-4H3/b8-5-,14-9+. The first-order valence-electron chi connectivity index (χ1n) is 6.41. The van der Waals surface area contributed by atoms with Gasteiger partial charge in [-0.2, -0.15) is 0 Å². The van der Waals surface area contributed by atoms with Gasteiger partial charge in [0.15, 0.2) is 0 Å². The highest BCUT2D eigenvalue weighted by Crippen LogP contribution is 2.20. The second-order valence-electron chi connectivity index (χ2n) is 4.59. The summed E-state index contributed by atoms with van der Waals surface area (Å²) in [6, 6.07) is 0. The lowest BCUT2D eigenvalue weighted by Crippen LogP contribution is -2.23. The smallest absolute Gasteiger partial charge is 0.0202 e. The van der Waals surface area contributed by atoms with Gasteiger partial charge in [-0.1, -0.05) is 48.8 Å². The fraction of sp³-hybridized carbons (Fsp3) is 0.600. The molecule has 0 spiro atoms. The molecular weight excluding hydrogens is 194 g/mol. The average molecular weight is 219 g/mol. The molecule has 0 bridgehead atoms. The monoisotopic (exact) mass is 219 g/mol. The van der Waals surface area contributed by atoms with Gasteiger partial charge in [0.2, 0.25) is 0 Å². The third-order valence-corrected chi connectivity index (χ3v) is 3.31. The number of nitrogens with zero attached hydrogens (tertiary/aromatic N) is 1. The van der Waals surface area contributed by atoms with Crippen LogP contribution >= 0.6 is 0 Å². The molecule has 0 aliphatic carbocycles. The minimum absolute atomic E-state index is 1.13. The molecule has 1 aliphatic heterocycles. The van der Waals surface area contributed by atoms with Crippen LogP contribution in [0, 0.1) is 0 Å². The summed E-state index contributed by atoms with van der Waals surface area (Å²) >= 11 is 0. The van der Waals surface area contributed by atoms with Gasteiger partial charge in [-0.25, -0.2) is 0 Å². The van der Waals surface area contributed by atoms with Crippen molar-refractivity contribution in [2.24, 2.45) is 0 Å². The maximum atomic E-state index is 2.55. The lowest BCUT2D eigenvalue weighted by Gasteiger charge is -2.17. The summed E-state index contributed by atoms with van der Waals surface area (Å²) in [6.07, 6.45) is 8.87. The van der Waals surface area contributed by atoms with Crippen molar-refractivity contribution in [2.45, 2.75) is 40.5 Å². The van der Waals surface area contributed by atoms with Crippen molar-refractivity contribution >= 4 is 0 Å². The Hall–Kier alpha value is -0.820. The molecule has 0 atom stereocenters. The van der Waals surface area contributed by atoms with Gasteiger partial charge < -0.3 is 0 Å². The Morgan fingerprint density at radius 2 is 2.06 bits per heavy atom. The first-order chi connectivity index (χ1) is 7.71. The molecule has 16 heavy (non-hydrogen) atoms. The van der Waals surface area contributed by atoms with E-state index >= 15 is 0 Å². The van der Waals surface area contributed by atoms with Gasteiger partial charge in [0.05, 0.1) is 0 Å². The Morgan fingerprint density at radius 3 is 2.56 bits per heavy atom. The summed E-state index contributed by atoms with van der Waals surface area (Å²) in [7, 11) is 0. The van der Waals surface area contributed by atoms with Gasteiger partial charge in [-0.05, 0) is 26.7 Å². The number of hydrogen-bond donors (Lipinski definition) is 0. The van der Waals surface area contributed by atoms with Crippen molar-refractivity contribution in [3.05, 3.63) is 34.9 Å². The number of hydrogen-bond acceptors (Lipinski definition) is 1. The lowest BCUT2D eigenvalue weighted by molar-refractivity contribution is 0.370. The largest absolute Gasteiger partial charge is 0.292 e. The van der Waals surface area contributed by atoms with Crippen molar-refractivity contribution in [2.75, 3.05) is 19.6 Å². The van der Waals surface area contributed by atoms with Crippen LogP contribution in [0.1, 0.15) is 40.5 Å². The molecule has 0 aromatic carbocycles. The Kier molecular flexibility index (Phi) is 5.54. The summed E-state index contributed by atoms with van der Waals surface area (Å²) in [6.45, 7) is 12.3. The molecule has 90 valence electrons. The van der Waals surface area contributed by atoms with Crippen LogP contribution in [0.4, 0.5) is 0 Å². The molecule has 1 aliphatic rings. The van der Waals surface area contributed by atoms with Crippen LogP contribution in [0.25, 0.3) is 0 Å². The van der Waals surface area contributed by atoms with E-state index in [4.69, 9.17) is 0 Å². The molecule has 0 saturated carbocycles. The van der Waals surface area contributed by atoms with Crippen LogP contribution in [0.3, 0.4) is 0 Å². The second kappa shape index (κ2) is 6.70. The summed E-state index contributed by atoms with van der Waals surface area (Å²) in [5.74, 6) is 0. The van der Waals surface area contributed by atoms with Crippen molar-refractivity contribution in [3.8, 4) is 0 Å². The van der Waals surface area contributed by atoms with Crippen molar-refractivity contribution in [1.29, 1.82) is 0 Å². The van der Waals surface area contributed by atoms with Crippen molar-refractivity contribution in [3.63, 3.8) is 0 Å². The zero-order valence-electron chi connectivity index (χ0n) is 11.2. The van der Waals surface area contributed by atoms with Gasteiger partial charge in [-0.3, -0.25) is 4.90 Å². The molecule has 0 N–H and O–H groups in total. The van der Waals surface area contributed by atoms with Crippen LogP contribution in [0.15, 0.2) is 34.9 Å². The first-order valence-corrected chi connectivity index (χ1v) is 6.41. The van der Waals surface area contributed by atoms with E-state index < -0.39 is 0 Å². The molecule has 0 aromatic rings. The van der Waals surface area contributed by atoms with E-state index in [2.05, 4.69) is 50.8 Å². The molecule has 0 saturated heterocycles. The van der Waals surface area contributed by atoms with Crippen LogP contribution in [-0.4, -0.2) is 24.5 Å². The molecule has 1 heteroatoms. The summed E-state index contributed by atoms with van der Waals surface area (Å²) < 4.78 is 0. The Bertz CT molecular complexity index is 307. The summed E-state index contributed by atoms with van der Waals surface area (Å²) in [4.78, 5) is 2.55. The minimum atomic E-state index is 1.13. The predicted octanol–water partition coefficient (Wildman–Crippen LogP) is 3.94. The van der Waals surface area contributed by atoms with Gasteiger partial charge in [0.1, 0.15) is 0 Å². The van der Waals surface area contributed by atoms with E-state index in [1.165, 1.54) is 18.5 Å². The average Bonchev–Trinajstić information content (AvgIpc) is 2.64. The quantitative estimate of drug-likeness (QED) is 0.500. The van der Waals surface area contributed by atoms with Gasteiger partial charge >= 0.3 is 0 Å². The fourth-order valence-corrected chi connectivity index (χ4v) is 2.24. The Morgan fingerprint density at radius 1 is 1.31 bits per heavy atom. The topological polar surface area (TPSA) is 3.24 Å². The van der Waals surface area contributed by atoms with E-state index in [1.807, 2.05) is 0 Å². The van der Waals surface area contributed by atoms with Gasteiger partial charge in [0.25, 0.3) is 0 Å². The molecule has 1 heterocycles. The van der Waals surface area contributed by atoms with Gasteiger partial charge in [-0.15, -0.1) is 0 Å². The predicted molar refractivity (Wildman–Crippen MR) is 72.6 cm³/mol. The van der Waals surface area contributed by atoms with E-state index in [-0.39, 0.29) is 0 Å². The van der Waals surface area contributed by atoms with Crippen LogP contribution in [0.2, 0.25) is 0 Å². The maximum absolute atomic E-state index is 2.55. The molecule has 1 rings (SSSR count). The lowest BCUT2D eigenvalue weighted by atomic mass is 10.1. The van der Waals surface area contributed by atoms with Crippen molar-refractivity contribution in [1.82, 2.24) is 4.90 Å². The maximum Gasteiger partial charge on any atom is 0.0202 e. The molecule has 0 amide bonds. The van der Waals surface area contributed by atoms with E-state index in [0.717, 1.165) is 19.5 Å². The van der Waals surface area contributed by atoms with E-state index in [9.17, 15) is 0 Å². The SMILES string of the molecule is C/C=C\C=C(/CC)CN1CC(C)=C(CC)C1.